The first kappa shape index (κ1) is 15.1. The van der Waals surface area contributed by atoms with Crippen molar-refractivity contribution in [2.24, 2.45) is 0 Å². The number of carbonyl (C=O) groups excluding carboxylic acids is 1. The van der Waals surface area contributed by atoms with E-state index in [0.717, 1.165) is 18.2 Å². The molecule has 0 heterocycles. The first-order chi connectivity index (χ1) is 9.90. The first-order valence-electron chi connectivity index (χ1n) is 6.03. The summed E-state index contributed by atoms with van der Waals surface area (Å²) in [5, 5.41) is 0. The second-order valence-corrected chi connectivity index (χ2v) is 5.99. The standard InChI is InChI=1S/C14H13FN2O3S/c1-10-9-12(15)7-8-13(10)21(19,20)17-16-14(18)11-5-3-2-4-6-11/h2-9,17H,1H3,(H,16,18). The number of sulfonamides is 1. The van der Waals surface area contributed by atoms with E-state index in [0.29, 0.717) is 5.56 Å². The number of halogens is 1. The van der Waals surface area contributed by atoms with Gasteiger partial charge in [-0.25, -0.2) is 12.8 Å². The zero-order valence-electron chi connectivity index (χ0n) is 11.1. The number of hydrogen-bond donors (Lipinski definition) is 2. The van der Waals surface area contributed by atoms with Crippen LogP contribution in [-0.4, -0.2) is 14.3 Å². The third-order valence-electron chi connectivity index (χ3n) is 2.76. The Morgan fingerprint density at radius 2 is 1.76 bits per heavy atom. The Hall–Kier alpha value is -2.25. The lowest BCUT2D eigenvalue weighted by molar-refractivity contribution is 0.0945. The molecule has 2 N–H and O–H groups in total. The van der Waals surface area contributed by atoms with Crippen LogP contribution in [0.25, 0.3) is 0 Å². The monoisotopic (exact) mass is 308 g/mol. The van der Waals surface area contributed by atoms with Gasteiger partial charge in [-0.15, -0.1) is 4.83 Å². The number of benzene rings is 2. The molecule has 2 aromatic carbocycles. The minimum absolute atomic E-state index is 0.0998. The van der Waals surface area contributed by atoms with Crippen LogP contribution in [-0.2, 0) is 10.0 Å². The summed E-state index contributed by atoms with van der Waals surface area (Å²) in [5.74, 6) is -1.11. The second kappa shape index (κ2) is 6.02. The largest absolute Gasteiger partial charge is 0.273 e. The maximum absolute atomic E-state index is 13.0. The van der Waals surface area contributed by atoms with Crippen LogP contribution < -0.4 is 10.3 Å². The topological polar surface area (TPSA) is 75.3 Å². The van der Waals surface area contributed by atoms with E-state index in [2.05, 4.69) is 5.43 Å². The molecular weight excluding hydrogens is 295 g/mol. The fraction of sp³-hybridized carbons (Fsp3) is 0.0714. The molecule has 0 aliphatic rings. The van der Waals surface area contributed by atoms with Crippen molar-refractivity contribution < 1.29 is 17.6 Å². The molecule has 0 atom stereocenters. The number of rotatable bonds is 4. The van der Waals surface area contributed by atoms with Crippen molar-refractivity contribution >= 4 is 15.9 Å². The number of hydrogen-bond acceptors (Lipinski definition) is 3. The van der Waals surface area contributed by atoms with E-state index in [1.54, 1.807) is 30.3 Å². The number of aryl methyl sites for hydroxylation is 1. The minimum atomic E-state index is -3.96. The summed E-state index contributed by atoms with van der Waals surface area (Å²) in [7, 11) is -3.96. The maximum Gasteiger partial charge on any atom is 0.266 e. The van der Waals surface area contributed by atoms with Gasteiger partial charge >= 0.3 is 0 Å². The third-order valence-corrected chi connectivity index (χ3v) is 4.17. The molecule has 0 aliphatic carbocycles. The highest BCUT2D eigenvalue weighted by atomic mass is 32.2. The van der Waals surface area contributed by atoms with Gasteiger partial charge in [-0.2, -0.15) is 0 Å². The third kappa shape index (κ3) is 3.65. The fourth-order valence-corrected chi connectivity index (χ4v) is 2.81. The predicted molar refractivity (Wildman–Crippen MR) is 75.4 cm³/mol. The summed E-state index contributed by atoms with van der Waals surface area (Å²) >= 11 is 0. The van der Waals surface area contributed by atoms with Crippen molar-refractivity contribution in [3.63, 3.8) is 0 Å². The molecule has 0 aliphatic heterocycles. The molecule has 0 unspecified atom stereocenters. The van der Waals surface area contributed by atoms with Gasteiger partial charge in [-0.05, 0) is 42.8 Å². The van der Waals surface area contributed by atoms with Crippen LogP contribution in [0.5, 0.6) is 0 Å². The molecular formula is C14H13FN2O3S. The van der Waals surface area contributed by atoms with Crippen molar-refractivity contribution in [1.82, 2.24) is 10.3 Å². The lowest BCUT2D eigenvalue weighted by Crippen LogP contribution is -2.41. The van der Waals surface area contributed by atoms with Crippen LogP contribution >= 0.6 is 0 Å². The quantitative estimate of drug-likeness (QED) is 0.845. The van der Waals surface area contributed by atoms with E-state index >= 15 is 0 Å². The molecule has 1 amide bonds. The van der Waals surface area contributed by atoms with Crippen LogP contribution in [0.3, 0.4) is 0 Å². The van der Waals surface area contributed by atoms with E-state index in [4.69, 9.17) is 0 Å². The summed E-state index contributed by atoms with van der Waals surface area (Å²) < 4.78 is 37.1. The number of amides is 1. The van der Waals surface area contributed by atoms with Gasteiger partial charge in [0.25, 0.3) is 15.9 Å². The Labute approximate surface area is 121 Å². The molecule has 0 spiro atoms. The Balaban J connectivity index is 2.13. The summed E-state index contributed by atoms with van der Waals surface area (Å²) in [5.41, 5.74) is 2.67. The van der Waals surface area contributed by atoms with Crippen molar-refractivity contribution in [1.29, 1.82) is 0 Å². The van der Waals surface area contributed by atoms with E-state index in [9.17, 15) is 17.6 Å². The van der Waals surface area contributed by atoms with E-state index in [1.807, 2.05) is 4.83 Å². The van der Waals surface area contributed by atoms with Gasteiger partial charge in [-0.3, -0.25) is 10.2 Å². The van der Waals surface area contributed by atoms with Gasteiger partial charge in [0.05, 0.1) is 4.90 Å². The molecule has 7 heteroatoms. The molecule has 2 rings (SSSR count). The van der Waals surface area contributed by atoms with Crippen molar-refractivity contribution in [2.45, 2.75) is 11.8 Å². The Bertz CT molecular complexity index is 761. The SMILES string of the molecule is Cc1cc(F)ccc1S(=O)(=O)NNC(=O)c1ccccc1. The van der Waals surface area contributed by atoms with Crippen molar-refractivity contribution in [3.05, 3.63) is 65.5 Å². The van der Waals surface area contributed by atoms with Gasteiger partial charge in [0.1, 0.15) is 5.82 Å². The maximum atomic E-state index is 13.0. The lowest BCUT2D eigenvalue weighted by atomic mass is 10.2. The fourth-order valence-electron chi connectivity index (χ4n) is 1.74. The molecule has 110 valence electrons. The van der Waals surface area contributed by atoms with Crippen LogP contribution in [0.1, 0.15) is 15.9 Å². The summed E-state index contributed by atoms with van der Waals surface area (Å²) in [6, 6.07) is 11.4. The van der Waals surface area contributed by atoms with Crippen LogP contribution in [0.2, 0.25) is 0 Å². The molecule has 0 aromatic heterocycles. The number of carbonyl (C=O) groups is 1. The molecule has 21 heavy (non-hydrogen) atoms. The van der Waals surface area contributed by atoms with E-state index in [-0.39, 0.29) is 10.5 Å². The van der Waals surface area contributed by atoms with Crippen LogP contribution in [0.4, 0.5) is 4.39 Å². The lowest BCUT2D eigenvalue weighted by Gasteiger charge is -2.10. The summed E-state index contributed by atoms with van der Waals surface area (Å²) in [6.07, 6.45) is 0. The first-order valence-corrected chi connectivity index (χ1v) is 7.52. The number of hydrazine groups is 1. The minimum Gasteiger partial charge on any atom is -0.273 e. The number of nitrogens with one attached hydrogen (secondary N) is 2. The molecule has 0 saturated heterocycles. The highest BCUT2D eigenvalue weighted by Gasteiger charge is 2.18. The smallest absolute Gasteiger partial charge is 0.266 e. The molecule has 0 saturated carbocycles. The van der Waals surface area contributed by atoms with E-state index < -0.39 is 21.7 Å². The van der Waals surface area contributed by atoms with E-state index in [1.165, 1.54) is 6.92 Å². The molecule has 0 fully saturated rings. The van der Waals surface area contributed by atoms with Gasteiger partial charge in [0.15, 0.2) is 0 Å². The van der Waals surface area contributed by atoms with Gasteiger partial charge in [0, 0.05) is 5.56 Å². The van der Waals surface area contributed by atoms with Crippen molar-refractivity contribution in [2.75, 3.05) is 0 Å². The highest BCUT2D eigenvalue weighted by molar-refractivity contribution is 7.89. The summed E-state index contributed by atoms with van der Waals surface area (Å²) in [6.45, 7) is 1.47. The van der Waals surface area contributed by atoms with Gasteiger partial charge in [-0.1, -0.05) is 18.2 Å². The van der Waals surface area contributed by atoms with Crippen molar-refractivity contribution in [3.8, 4) is 0 Å². The molecule has 0 bridgehead atoms. The Kier molecular flexibility index (Phi) is 4.35. The van der Waals surface area contributed by atoms with Crippen LogP contribution in [0.15, 0.2) is 53.4 Å². The molecule has 2 aromatic rings. The average Bonchev–Trinajstić information content (AvgIpc) is 2.45. The molecule has 5 nitrogen and oxygen atoms in total. The zero-order valence-corrected chi connectivity index (χ0v) is 11.9. The second-order valence-electron chi connectivity index (χ2n) is 4.34. The predicted octanol–water partition coefficient (Wildman–Crippen LogP) is 1.76. The zero-order chi connectivity index (χ0) is 15.5. The average molecular weight is 308 g/mol. The van der Waals surface area contributed by atoms with Crippen LogP contribution in [0, 0.1) is 12.7 Å². The Morgan fingerprint density at radius 3 is 2.38 bits per heavy atom. The molecule has 0 radical (unpaired) electrons. The van der Waals surface area contributed by atoms with Gasteiger partial charge in [0.2, 0.25) is 0 Å². The normalized spacial score (nSPS) is 11.1. The Morgan fingerprint density at radius 1 is 1.10 bits per heavy atom. The van der Waals surface area contributed by atoms with Gasteiger partial charge < -0.3 is 0 Å². The highest BCUT2D eigenvalue weighted by Crippen LogP contribution is 2.15. The summed E-state index contributed by atoms with van der Waals surface area (Å²) in [4.78, 5) is 13.6.